The van der Waals surface area contributed by atoms with Crippen molar-refractivity contribution in [1.29, 1.82) is 0 Å². The number of carbonyl (C=O) groups is 3. The van der Waals surface area contributed by atoms with Gasteiger partial charge in [-0.2, -0.15) is 0 Å². The fourth-order valence-electron chi connectivity index (χ4n) is 3.79. The van der Waals surface area contributed by atoms with Gasteiger partial charge in [-0.1, -0.05) is 84.0 Å². The zero-order valence-corrected chi connectivity index (χ0v) is 21.5. The van der Waals surface area contributed by atoms with Crippen molar-refractivity contribution < 1.29 is 29.3 Å². The normalized spacial score (nSPS) is 11.1. The van der Waals surface area contributed by atoms with Gasteiger partial charge < -0.3 is 20.3 Å². The molecule has 0 saturated heterocycles. The molecule has 0 spiro atoms. The summed E-state index contributed by atoms with van der Waals surface area (Å²) in [6.07, 6.45) is 17.1. The van der Waals surface area contributed by atoms with Crippen LogP contribution in [0, 0.1) is 0 Å². The molecule has 0 saturated carbocycles. The smallest absolute Gasteiger partial charge is 0.305 e. The Labute approximate surface area is 206 Å². The van der Waals surface area contributed by atoms with Gasteiger partial charge in [-0.25, -0.2) is 0 Å². The summed E-state index contributed by atoms with van der Waals surface area (Å²) < 4.78 is 5.28. The van der Waals surface area contributed by atoms with Gasteiger partial charge in [0.1, 0.15) is 0 Å². The van der Waals surface area contributed by atoms with Crippen LogP contribution in [0.1, 0.15) is 110 Å². The zero-order valence-electron chi connectivity index (χ0n) is 21.5. The first-order valence-electron chi connectivity index (χ1n) is 13.5. The molecule has 0 aliphatic heterocycles. The molecule has 0 aromatic carbocycles. The number of nitrogens with zero attached hydrogens (tertiary/aromatic N) is 1. The first kappa shape index (κ1) is 32.3. The highest BCUT2D eigenvalue weighted by atomic mass is 16.5. The van der Waals surface area contributed by atoms with Crippen LogP contribution >= 0.6 is 0 Å². The number of carboxylic acids is 2. The summed E-state index contributed by atoms with van der Waals surface area (Å²) in [5, 5.41) is 20.4. The van der Waals surface area contributed by atoms with Crippen LogP contribution in [0.4, 0.5) is 0 Å². The number of carbonyl (C=O) groups excluding carboxylic acids is 1. The van der Waals surface area contributed by atoms with Crippen LogP contribution in [0.5, 0.6) is 0 Å². The quantitative estimate of drug-likeness (QED) is 0.150. The van der Waals surface area contributed by atoms with Crippen LogP contribution in [0.25, 0.3) is 0 Å². The van der Waals surface area contributed by atoms with Crippen molar-refractivity contribution >= 4 is 17.8 Å². The Morgan fingerprint density at radius 3 is 1.71 bits per heavy atom. The molecule has 0 unspecified atom stereocenters. The molecule has 0 bridgehead atoms. The van der Waals surface area contributed by atoms with Gasteiger partial charge in [-0.05, 0) is 6.42 Å². The van der Waals surface area contributed by atoms with E-state index in [1.807, 2.05) is 4.90 Å². The van der Waals surface area contributed by atoms with Crippen molar-refractivity contribution in [3.63, 3.8) is 0 Å². The van der Waals surface area contributed by atoms with E-state index in [1.54, 1.807) is 0 Å². The molecule has 1 amide bonds. The Hall–Kier alpha value is -1.67. The van der Waals surface area contributed by atoms with E-state index in [1.165, 1.54) is 70.6 Å². The van der Waals surface area contributed by atoms with Gasteiger partial charge in [0.25, 0.3) is 0 Å². The molecule has 200 valence electrons. The summed E-state index contributed by atoms with van der Waals surface area (Å²) >= 11 is 0. The minimum absolute atomic E-state index is 0.0159. The van der Waals surface area contributed by atoms with Gasteiger partial charge in [-0.3, -0.25) is 19.3 Å². The van der Waals surface area contributed by atoms with Gasteiger partial charge in [0.05, 0.1) is 26.1 Å². The van der Waals surface area contributed by atoms with Crippen molar-refractivity contribution in [2.24, 2.45) is 0 Å². The van der Waals surface area contributed by atoms with Gasteiger partial charge in [-0.15, -0.1) is 0 Å². The Morgan fingerprint density at radius 1 is 0.647 bits per heavy atom. The zero-order chi connectivity index (χ0) is 25.3. The standard InChI is InChI=1S/C26H50N2O6/c1-2-3-4-5-6-7-8-9-10-11-12-13-14-15-24(29)27-18-20-28(19-16-25(30)31)21-23-34-22-17-26(32)33/h2-23H2,1H3,(H,27,29)(H,30,31)(H,32,33). The van der Waals surface area contributed by atoms with Crippen LogP contribution < -0.4 is 5.32 Å². The van der Waals surface area contributed by atoms with Crippen molar-refractivity contribution in [2.75, 3.05) is 39.4 Å². The molecule has 8 heteroatoms. The van der Waals surface area contributed by atoms with Gasteiger partial charge in [0.15, 0.2) is 0 Å². The highest BCUT2D eigenvalue weighted by Gasteiger charge is 2.09. The third-order valence-corrected chi connectivity index (χ3v) is 5.91. The number of unbranched alkanes of at least 4 members (excludes halogenated alkanes) is 12. The largest absolute Gasteiger partial charge is 0.481 e. The lowest BCUT2D eigenvalue weighted by Crippen LogP contribution is -2.37. The molecule has 3 N–H and O–H groups in total. The number of rotatable bonds is 26. The van der Waals surface area contributed by atoms with Crippen molar-refractivity contribution in [1.82, 2.24) is 10.2 Å². The molecule has 0 aliphatic rings. The molecule has 0 heterocycles. The summed E-state index contributed by atoms with van der Waals surface area (Å²) in [7, 11) is 0. The summed E-state index contributed by atoms with van der Waals surface area (Å²) in [5.74, 6) is -1.74. The number of hydrogen-bond donors (Lipinski definition) is 3. The lowest BCUT2D eigenvalue weighted by Gasteiger charge is -2.21. The van der Waals surface area contributed by atoms with Crippen molar-refractivity contribution in [3.8, 4) is 0 Å². The molecular formula is C26H50N2O6. The molecule has 0 aromatic rings. The van der Waals surface area contributed by atoms with Gasteiger partial charge >= 0.3 is 11.9 Å². The first-order valence-corrected chi connectivity index (χ1v) is 13.5. The average molecular weight is 487 g/mol. The van der Waals surface area contributed by atoms with Crippen molar-refractivity contribution in [2.45, 2.75) is 110 Å². The van der Waals surface area contributed by atoms with Crippen LogP contribution in [-0.2, 0) is 19.1 Å². The second kappa shape index (κ2) is 24.5. The molecular weight excluding hydrogens is 436 g/mol. The van der Waals surface area contributed by atoms with E-state index in [9.17, 15) is 14.4 Å². The lowest BCUT2D eigenvalue weighted by molar-refractivity contribution is -0.139. The van der Waals surface area contributed by atoms with E-state index >= 15 is 0 Å². The number of carboxylic acid groups (broad SMARTS) is 2. The maximum Gasteiger partial charge on any atom is 0.305 e. The molecule has 34 heavy (non-hydrogen) atoms. The summed E-state index contributed by atoms with van der Waals surface area (Å²) in [6.45, 7) is 4.60. The number of nitrogens with one attached hydrogen (secondary N) is 1. The maximum absolute atomic E-state index is 12.1. The Bertz CT molecular complexity index is 516. The maximum atomic E-state index is 12.1. The van der Waals surface area contributed by atoms with Crippen LogP contribution in [0.3, 0.4) is 0 Å². The average Bonchev–Trinajstić information content (AvgIpc) is 2.79. The van der Waals surface area contributed by atoms with Gasteiger partial charge in [0.2, 0.25) is 5.91 Å². The molecule has 0 radical (unpaired) electrons. The van der Waals surface area contributed by atoms with E-state index in [4.69, 9.17) is 14.9 Å². The molecule has 8 nitrogen and oxygen atoms in total. The first-order chi connectivity index (χ1) is 16.5. The fraction of sp³-hybridized carbons (Fsp3) is 0.885. The van der Waals surface area contributed by atoms with E-state index in [0.29, 0.717) is 39.2 Å². The van der Waals surface area contributed by atoms with Gasteiger partial charge in [0, 0.05) is 32.6 Å². The molecule has 0 aromatic heterocycles. The number of amides is 1. The second-order valence-electron chi connectivity index (χ2n) is 9.08. The third-order valence-electron chi connectivity index (χ3n) is 5.91. The highest BCUT2D eigenvalue weighted by Crippen LogP contribution is 2.12. The van der Waals surface area contributed by atoms with E-state index in [2.05, 4.69) is 12.2 Å². The highest BCUT2D eigenvalue weighted by molar-refractivity contribution is 5.75. The summed E-state index contributed by atoms with van der Waals surface area (Å²) in [5.41, 5.74) is 0. The summed E-state index contributed by atoms with van der Waals surface area (Å²) in [4.78, 5) is 35.3. The molecule has 0 aliphatic carbocycles. The van der Waals surface area contributed by atoms with E-state index in [0.717, 1.165) is 12.8 Å². The molecule has 0 atom stereocenters. The van der Waals surface area contributed by atoms with Crippen LogP contribution in [-0.4, -0.2) is 72.4 Å². The number of hydrogen-bond acceptors (Lipinski definition) is 5. The SMILES string of the molecule is CCCCCCCCCCCCCCCC(=O)NCCN(CCOCCC(=O)O)CCC(=O)O. The lowest BCUT2D eigenvalue weighted by atomic mass is 10.0. The third kappa shape index (κ3) is 25.0. The Morgan fingerprint density at radius 2 is 1.18 bits per heavy atom. The fourth-order valence-corrected chi connectivity index (χ4v) is 3.79. The minimum atomic E-state index is -0.908. The summed E-state index contributed by atoms with van der Waals surface area (Å²) in [6, 6.07) is 0. The monoisotopic (exact) mass is 486 g/mol. The van der Waals surface area contributed by atoms with Crippen LogP contribution in [0.2, 0.25) is 0 Å². The predicted octanol–water partition coefficient (Wildman–Crippen LogP) is 4.85. The Kier molecular flexibility index (Phi) is 23.3. The van der Waals surface area contributed by atoms with E-state index in [-0.39, 0.29) is 25.4 Å². The molecule has 0 rings (SSSR count). The van der Waals surface area contributed by atoms with Crippen molar-refractivity contribution in [3.05, 3.63) is 0 Å². The van der Waals surface area contributed by atoms with Crippen LogP contribution in [0.15, 0.2) is 0 Å². The predicted molar refractivity (Wildman–Crippen MR) is 135 cm³/mol. The topological polar surface area (TPSA) is 116 Å². The minimum Gasteiger partial charge on any atom is -0.481 e. The molecule has 0 fully saturated rings. The second-order valence-corrected chi connectivity index (χ2v) is 9.08. The van der Waals surface area contributed by atoms with E-state index < -0.39 is 11.9 Å². The number of ether oxygens (including phenoxy) is 1. The Balaban J connectivity index is 3.68. The number of aliphatic carboxylic acids is 2.